The molecule has 2 atom stereocenters. The number of nitrogens with two attached hydrogens (primary N) is 1. The van der Waals surface area contributed by atoms with Gasteiger partial charge in [0.1, 0.15) is 0 Å². The predicted molar refractivity (Wildman–Crippen MR) is 89.6 cm³/mol. The maximum absolute atomic E-state index is 6.11. The van der Waals surface area contributed by atoms with Crippen LogP contribution in [0.2, 0.25) is 0 Å². The number of fused-ring (bicyclic) bond motifs is 1. The monoisotopic (exact) mass is 280 g/mol. The third kappa shape index (κ3) is 3.11. The van der Waals surface area contributed by atoms with Gasteiger partial charge in [0, 0.05) is 24.8 Å². The number of para-hydroxylation sites is 1. The summed E-state index contributed by atoms with van der Waals surface area (Å²) in [7, 11) is 0. The van der Waals surface area contributed by atoms with Crippen molar-refractivity contribution in [3.63, 3.8) is 0 Å². The molecule has 0 aliphatic carbocycles. The van der Waals surface area contributed by atoms with Crippen molar-refractivity contribution in [2.75, 3.05) is 18.0 Å². The Morgan fingerprint density at radius 2 is 1.81 bits per heavy atom. The molecule has 21 heavy (non-hydrogen) atoms. The minimum Gasteiger partial charge on any atom is -0.366 e. The number of nitrogens with zero attached hydrogens (tertiary/aromatic N) is 1. The van der Waals surface area contributed by atoms with Gasteiger partial charge in [-0.2, -0.15) is 0 Å². The van der Waals surface area contributed by atoms with Crippen molar-refractivity contribution in [1.29, 1.82) is 0 Å². The number of hydrogen-bond acceptors (Lipinski definition) is 2. The molecule has 0 spiro atoms. The van der Waals surface area contributed by atoms with Crippen LogP contribution < -0.4 is 10.6 Å². The molecule has 0 fully saturated rings. The van der Waals surface area contributed by atoms with Crippen LogP contribution in [0.4, 0.5) is 5.69 Å². The Hall–Kier alpha value is -1.80. The van der Waals surface area contributed by atoms with Crippen LogP contribution >= 0.6 is 0 Å². The molecule has 2 nitrogen and oxygen atoms in total. The van der Waals surface area contributed by atoms with Crippen molar-refractivity contribution in [1.82, 2.24) is 0 Å². The molecule has 0 saturated carbocycles. The number of hydrogen-bond donors (Lipinski definition) is 1. The maximum Gasteiger partial charge on any atom is 0.0452 e. The number of anilines is 1. The van der Waals surface area contributed by atoms with E-state index in [2.05, 4.69) is 66.4 Å². The molecule has 2 aromatic rings. The van der Waals surface area contributed by atoms with Gasteiger partial charge in [-0.25, -0.2) is 0 Å². The lowest BCUT2D eigenvalue weighted by Crippen LogP contribution is -2.47. The zero-order valence-corrected chi connectivity index (χ0v) is 12.7. The van der Waals surface area contributed by atoms with Crippen LogP contribution in [0.15, 0.2) is 54.6 Å². The average Bonchev–Trinajstić information content (AvgIpc) is 2.53. The summed E-state index contributed by atoms with van der Waals surface area (Å²) in [5.74, 6) is 0.685. The molecule has 2 heteroatoms. The van der Waals surface area contributed by atoms with Gasteiger partial charge in [-0.3, -0.25) is 0 Å². The first-order valence-corrected chi connectivity index (χ1v) is 7.86. The van der Waals surface area contributed by atoms with Crippen LogP contribution in [0.3, 0.4) is 0 Å². The Morgan fingerprint density at radius 1 is 1.10 bits per heavy atom. The number of rotatable bonds is 4. The Balaban J connectivity index is 1.87. The van der Waals surface area contributed by atoms with E-state index in [1.807, 2.05) is 0 Å². The van der Waals surface area contributed by atoms with Gasteiger partial charge >= 0.3 is 0 Å². The van der Waals surface area contributed by atoms with Gasteiger partial charge in [0.2, 0.25) is 0 Å². The van der Waals surface area contributed by atoms with E-state index < -0.39 is 0 Å². The molecule has 1 aliphatic rings. The van der Waals surface area contributed by atoms with E-state index >= 15 is 0 Å². The van der Waals surface area contributed by atoms with E-state index in [1.165, 1.54) is 23.2 Å². The Morgan fingerprint density at radius 3 is 2.57 bits per heavy atom. The molecule has 2 unspecified atom stereocenters. The average molecular weight is 280 g/mol. The molecule has 110 valence electrons. The molecule has 2 N–H and O–H groups in total. The van der Waals surface area contributed by atoms with E-state index in [0.717, 1.165) is 13.0 Å². The van der Waals surface area contributed by atoms with Crippen LogP contribution in [0.5, 0.6) is 0 Å². The van der Waals surface area contributed by atoms with Gasteiger partial charge in [0.05, 0.1) is 0 Å². The van der Waals surface area contributed by atoms with Gasteiger partial charge in [0.25, 0.3) is 0 Å². The van der Waals surface area contributed by atoms with E-state index in [-0.39, 0.29) is 0 Å². The maximum atomic E-state index is 6.11. The first-order chi connectivity index (χ1) is 10.3. The Labute approximate surface area is 127 Å². The molecule has 0 radical (unpaired) electrons. The first kappa shape index (κ1) is 14.2. The smallest absolute Gasteiger partial charge is 0.0452 e. The van der Waals surface area contributed by atoms with Crippen molar-refractivity contribution in [3.05, 3.63) is 65.7 Å². The molecule has 0 bridgehead atoms. The van der Waals surface area contributed by atoms with Crippen molar-refractivity contribution in [2.24, 2.45) is 11.7 Å². The molecular weight excluding hydrogens is 256 g/mol. The fraction of sp³-hybridized carbons (Fsp3) is 0.368. The molecule has 3 rings (SSSR count). The van der Waals surface area contributed by atoms with Crippen molar-refractivity contribution in [2.45, 2.75) is 25.8 Å². The Bertz CT molecular complexity index is 579. The summed E-state index contributed by atoms with van der Waals surface area (Å²) in [6.45, 7) is 4.13. The number of benzene rings is 2. The molecule has 0 saturated heterocycles. The fourth-order valence-corrected chi connectivity index (χ4v) is 3.39. The Kier molecular flexibility index (Phi) is 4.26. The first-order valence-electron chi connectivity index (χ1n) is 7.86. The van der Waals surface area contributed by atoms with Crippen molar-refractivity contribution < 1.29 is 0 Å². The molecule has 1 aliphatic heterocycles. The van der Waals surface area contributed by atoms with Crippen LogP contribution in [-0.4, -0.2) is 19.1 Å². The van der Waals surface area contributed by atoms with Gasteiger partial charge in [0.15, 0.2) is 0 Å². The summed E-state index contributed by atoms with van der Waals surface area (Å²) in [5, 5.41) is 0. The van der Waals surface area contributed by atoms with E-state index in [1.54, 1.807) is 0 Å². The normalized spacial score (nSPS) is 19.1. The zero-order valence-electron chi connectivity index (χ0n) is 12.7. The lowest BCUT2D eigenvalue weighted by atomic mass is 9.91. The summed E-state index contributed by atoms with van der Waals surface area (Å²) in [4.78, 5) is 2.52. The summed E-state index contributed by atoms with van der Waals surface area (Å²) in [6.07, 6.45) is 2.19. The second kappa shape index (κ2) is 6.31. The summed E-state index contributed by atoms with van der Waals surface area (Å²) in [6, 6.07) is 19.8. The van der Waals surface area contributed by atoms with Gasteiger partial charge in [-0.1, -0.05) is 55.5 Å². The van der Waals surface area contributed by atoms with Gasteiger partial charge in [-0.05, 0) is 36.0 Å². The molecule has 0 amide bonds. The second-order valence-electron chi connectivity index (χ2n) is 6.17. The topological polar surface area (TPSA) is 29.3 Å². The highest BCUT2D eigenvalue weighted by Gasteiger charge is 2.26. The second-order valence-corrected chi connectivity index (χ2v) is 6.17. The zero-order chi connectivity index (χ0) is 14.7. The standard InChI is InChI=1S/C19H24N2/c1-15-11-17-9-5-6-10-19(17)21(14-15)18(13-20)12-16-7-3-2-4-8-16/h2-10,15,18H,11-14,20H2,1H3. The van der Waals surface area contributed by atoms with Crippen LogP contribution in [0.25, 0.3) is 0 Å². The highest BCUT2D eigenvalue weighted by molar-refractivity contribution is 5.56. The summed E-state index contributed by atoms with van der Waals surface area (Å²) < 4.78 is 0. The third-order valence-electron chi connectivity index (χ3n) is 4.40. The summed E-state index contributed by atoms with van der Waals surface area (Å²) in [5.41, 5.74) is 10.3. The van der Waals surface area contributed by atoms with Crippen LogP contribution in [-0.2, 0) is 12.8 Å². The lowest BCUT2D eigenvalue weighted by molar-refractivity contribution is 0.480. The van der Waals surface area contributed by atoms with E-state index in [4.69, 9.17) is 5.73 Å². The van der Waals surface area contributed by atoms with Crippen molar-refractivity contribution >= 4 is 5.69 Å². The predicted octanol–water partition coefficient (Wildman–Crippen LogP) is 3.26. The molecule has 1 heterocycles. The van der Waals surface area contributed by atoms with E-state index in [0.29, 0.717) is 18.5 Å². The van der Waals surface area contributed by atoms with Gasteiger partial charge in [-0.15, -0.1) is 0 Å². The molecule has 2 aromatic carbocycles. The van der Waals surface area contributed by atoms with Crippen molar-refractivity contribution in [3.8, 4) is 0 Å². The molecular formula is C19H24N2. The highest BCUT2D eigenvalue weighted by atomic mass is 15.2. The van der Waals surface area contributed by atoms with Crippen LogP contribution in [0, 0.1) is 5.92 Å². The van der Waals surface area contributed by atoms with E-state index in [9.17, 15) is 0 Å². The SMILES string of the molecule is CC1Cc2ccccc2N(C(CN)Cc2ccccc2)C1. The fourth-order valence-electron chi connectivity index (χ4n) is 3.39. The third-order valence-corrected chi connectivity index (χ3v) is 4.40. The van der Waals surface area contributed by atoms with Gasteiger partial charge < -0.3 is 10.6 Å². The minimum atomic E-state index is 0.372. The minimum absolute atomic E-state index is 0.372. The quantitative estimate of drug-likeness (QED) is 0.931. The largest absolute Gasteiger partial charge is 0.366 e. The van der Waals surface area contributed by atoms with Crippen LogP contribution in [0.1, 0.15) is 18.1 Å². The highest BCUT2D eigenvalue weighted by Crippen LogP contribution is 2.31. The lowest BCUT2D eigenvalue weighted by Gasteiger charge is -2.40. The summed E-state index contributed by atoms with van der Waals surface area (Å²) >= 11 is 0. The molecule has 0 aromatic heterocycles.